The van der Waals surface area contributed by atoms with Gasteiger partial charge in [0.1, 0.15) is 16.9 Å². The highest BCUT2D eigenvalue weighted by molar-refractivity contribution is 5.94. The molecule has 3 rings (SSSR count). The van der Waals surface area contributed by atoms with Crippen molar-refractivity contribution >= 4 is 10.9 Å². The minimum Gasteiger partial charge on any atom is -0.496 e. The van der Waals surface area contributed by atoms with Gasteiger partial charge in [0, 0.05) is 11.8 Å². The summed E-state index contributed by atoms with van der Waals surface area (Å²) in [6.07, 6.45) is -0.216. The van der Waals surface area contributed by atoms with Gasteiger partial charge in [0.2, 0.25) is 5.88 Å². The number of ether oxygens (including phenoxy) is 4. The van der Waals surface area contributed by atoms with Crippen LogP contribution in [0.5, 0.6) is 23.1 Å². The molecule has 6 heteroatoms. The second-order valence-corrected chi connectivity index (χ2v) is 6.05. The van der Waals surface area contributed by atoms with Crippen LogP contribution in [0.4, 0.5) is 0 Å². The van der Waals surface area contributed by atoms with Gasteiger partial charge in [-0.15, -0.1) is 0 Å². The molecule has 0 aliphatic carbocycles. The average molecular weight is 319 g/mol. The highest BCUT2D eigenvalue weighted by Crippen LogP contribution is 2.45. The van der Waals surface area contributed by atoms with Crippen molar-refractivity contribution < 1.29 is 24.1 Å². The van der Waals surface area contributed by atoms with E-state index in [1.165, 1.54) is 0 Å². The van der Waals surface area contributed by atoms with Crippen LogP contribution >= 0.6 is 0 Å². The van der Waals surface area contributed by atoms with Crippen LogP contribution < -0.4 is 18.9 Å². The molecular formula is C17H21NO5. The lowest BCUT2D eigenvalue weighted by atomic mass is 9.91. The van der Waals surface area contributed by atoms with Crippen molar-refractivity contribution in [2.24, 2.45) is 0 Å². The molecule has 0 radical (unpaired) electrons. The maximum atomic E-state index is 10.3. The molecule has 0 unspecified atom stereocenters. The topological polar surface area (TPSA) is 70.0 Å². The van der Waals surface area contributed by atoms with E-state index in [1.807, 2.05) is 26.0 Å². The van der Waals surface area contributed by atoms with Gasteiger partial charge in [-0.3, -0.25) is 0 Å². The van der Waals surface area contributed by atoms with Gasteiger partial charge in [0.25, 0.3) is 0 Å². The average Bonchev–Trinajstić information content (AvgIpc) is 2.52. The summed E-state index contributed by atoms with van der Waals surface area (Å²) in [6, 6.07) is 3.68. The van der Waals surface area contributed by atoms with Crippen LogP contribution in [-0.4, -0.2) is 43.1 Å². The number of nitrogens with zero attached hydrogens (tertiary/aromatic N) is 1. The number of rotatable bonds is 3. The summed E-state index contributed by atoms with van der Waals surface area (Å²) in [5.74, 6) is 2.21. The third kappa shape index (κ3) is 2.34. The fourth-order valence-corrected chi connectivity index (χ4v) is 2.89. The van der Waals surface area contributed by atoms with Crippen LogP contribution in [0.1, 0.15) is 19.4 Å². The lowest BCUT2D eigenvalue weighted by molar-refractivity contribution is -0.0445. The summed E-state index contributed by atoms with van der Waals surface area (Å²) < 4.78 is 22.3. The molecule has 0 saturated heterocycles. The predicted octanol–water partition coefficient (Wildman–Crippen LogP) is 2.33. The van der Waals surface area contributed by atoms with Gasteiger partial charge in [-0.25, -0.2) is 4.98 Å². The molecule has 0 bridgehead atoms. The number of pyridine rings is 1. The van der Waals surface area contributed by atoms with Crippen molar-refractivity contribution in [3.05, 3.63) is 17.7 Å². The van der Waals surface area contributed by atoms with Crippen LogP contribution in [0.15, 0.2) is 12.1 Å². The van der Waals surface area contributed by atoms with Gasteiger partial charge in [-0.2, -0.15) is 0 Å². The van der Waals surface area contributed by atoms with Gasteiger partial charge in [0.15, 0.2) is 11.5 Å². The standard InChI is InChI=1S/C17H21NO5/c1-17(2)12(19)8-10-14(21-4)9-6-7-11(20-3)15(22-5)13(9)18-16(10)23-17/h6-7,12,19H,8H2,1-5H3/t12-/m1/s1. The molecule has 1 N–H and O–H groups in total. The number of hydrogen-bond donors (Lipinski definition) is 1. The second kappa shape index (κ2) is 5.45. The maximum Gasteiger partial charge on any atom is 0.221 e. The number of methoxy groups -OCH3 is 3. The first-order chi connectivity index (χ1) is 10.9. The van der Waals surface area contributed by atoms with E-state index in [0.717, 1.165) is 10.9 Å². The second-order valence-electron chi connectivity index (χ2n) is 6.05. The maximum absolute atomic E-state index is 10.3. The van der Waals surface area contributed by atoms with Gasteiger partial charge < -0.3 is 24.1 Å². The summed E-state index contributed by atoms with van der Waals surface area (Å²) in [4.78, 5) is 4.62. The van der Waals surface area contributed by atoms with Crippen molar-refractivity contribution in [1.29, 1.82) is 0 Å². The Balaban J connectivity index is 2.33. The first-order valence-electron chi connectivity index (χ1n) is 7.41. The zero-order valence-electron chi connectivity index (χ0n) is 14.0. The van der Waals surface area contributed by atoms with E-state index in [9.17, 15) is 5.11 Å². The van der Waals surface area contributed by atoms with Crippen LogP contribution in [0, 0.1) is 0 Å². The van der Waals surface area contributed by atoms with Gasteiger partial charge >= 0.3 is 0 Å². The van der Waals surface area contributed by atoms with Crippen molar-refractivity contribution in [1.82, 2.24) is 4.98 Å². The van der Waals surface area contributed by atoms with Crippen LogP contribution in [0.2, 0.25) is 0 Å². The molecule has 1 atom stereocenters. The Bertz CT molecular complexity index is 756. The molecule has 0 spiro atoms. The summed E-state index contributed by atoms with van der Waals surface area (Å²) in [5.41, 5.74) is 0.652. The van der Waals surface area contributed by atoms with E-state index < -0.39 is 11.7 Å². The van der Waals surface area contributed by atoms with Crippen molar-refractivity contribution in [3.63, 3.8) is 0 Å². The Morgan fingerprint density at radius 2 is 1.83 bits per heavy atom. The SMILES string of the molecule is COc1ccc2c(OC)c3c(nc2c1OC)OC(C)(C)[C@H](O)C3. The van der Waals surface area contributed by atoms with Crippen molar-refractivity contribution in [2.75, 3.05) is 21.3 Å². The van der Waals surface area contributed by atoms with Crippen LogP contribution in [0.25, 0.3) is 10.9 Å². The van der Waals surface area contributed by atoms with E-state index in [-0.39, 0.29) is 0 Å². The van der Waals surface area contributed by atoms with Crippen LogP contribution in [0.3, 0.4) is 0 Å². The quantitative estimate of drug-likeness (QED) is 0.936. The number of hydrogen-bond acceptors (Lipinski definition) is 6. The molecule has 6 nitrogen and oxygen atoms in total. The molecule has 0 amide bonds. The Morgan fingerprint density at radius 1 is 1.13 bits per heavy atom. The molecule has 1 aliphatic rings. The predicted molar refractivity (Wildman–Crippen MR) is 85.8 cm³/mol. The number of fused-ring (bicyclic) bond motifs is 2. The van der Waals surface area contributed by atoms with Crippen molar-refractivity contribution in [2.45, 2.75) is 32.0 Å². The van der Waals surface area contributed by atoms with Gasteiger partial charge in [-0.05, 0) is 26.0 Å². The van der Waals surface area contributed by atoms with Crippen molar-refractivity contribution in [3.8, 4) is 23.1 Å². The molecule has 23 heavy (non-hydrogen) atoms. The molecule has 2 heterocycles. The first-order valence-corrected chi connectivity index (χ1v) is 7.41. The Morgan fingerprint density at radius 3 is 2.43 bits per heavy atom. The van der Waals surface area contributed by atoms with E-state index in [4.69, 9.17) is 18.9 Å². The minimum absolute atomic E-state index is 0.419. The number of aromatic nitrogens is 1. The lowest BCUT2D eigenvalue weighted by Crippen LogP contribution is -2.46. The van der Waals surface area contributed by atoms with Crippen LogP contribution in [-0.2, 0) is 6.42 Å². The molecule has 0 fully saturated rings. The Labute approximate surface area is 134 Å². The molecule has 1 aliphatic heterocycles. The highest BCUT2D eigenvalue weighted by atomic mass is 16.5. The fraction of sp³-hybridized carbons (Fsp3) is 0.471. The fourth-order valence-electron chi connectivity index (χ4n) is 2.89. The summed E-state index contributed by atoms with van der Waals surface area (Å²) in [6.45, 7) is 3.67. The highest BCUT2D eigenvalue weighted by Gasteiger charge is 2.39. The summed E-state index contributed by atoms with van der Waals surface area (Å²) in [5, 5.41) is 11.1. The van der Waals surface area contributed by atoms with Gasteiger partial charge in [0.05, 0.1) is 33.0 Å². The van der Waals surface area contributed by atoms with Gasteiger partial charge in [-0.1, -0.05) is 0 Å². The first kappa shape index (κ1) is 15.7. The number of aliphatic hydroxyl groups is 1. The summed E-state index contributed by atoms with van der Waals surface area (Å²) >= 11 is 0. The van der Waals surface area contributed by atoms with E-state index in [0.29, 0.717) is 35.1 Å². The Hall–Kier alpha value is -2.21. The molecular weight excluding hydrogens is 298 g/mol. The smallest absolute Gasteiger partial charge is 0.221 e. The van der Waals surface area contributed by atoms with E-state index in [2.05, 4.69) is 4.98 Å². The normalized spacial score (nSPS) is 19.0. The number of aliphatic hydroxyl groups excluding tert-OH is 1. The number of benzene rings is 1. The lowest BCUT2D eigenvalue weighted by Gasteiger charge is -2.36. The zero-order valence-corrected chi connectivity index (χ0v) is 14.0. The minimum atomic E-state index is -0.717. The van der Waals surface area contributed by atoms with E-state index in [1.54, 1.807) is 21.3 Å². The third-order valence-corrected chi connectivity index (χ3v) is 4.27. The molecule has 1 aromatic heterocycles. The molecule has 124 valence electrons. The largest absolute Gasteiger partial charge is 0.496 e. The molecule has 2 aromatic rings. The molecule has 0 saturated carbocycles. The summed E-state index contributed by atoms with van der Waals surface area (Å²) in [7, 11) is 4.74. The zero-order chi connectivity index (χ0) is 16.8. The Kier molecular flexibility index (Phi) is 3.72. The molecule has 1 aromatic carbocycles. The van der Waals surface area contributed by atoms with E-state index >= 15 is 0 Å². The monoisotopic (exact) mass is 319 g/mol. The third-order valence-electron chi connectivity index (χ3n) is 4.27.